The fraction of sp³-hybridized carbons (Fsp3) is 0.125. The van der Waals surface area contributed by atoms with Gasteiger partial charge in [-0.1, -0.05) is 41.9 Å². The summed E-state index contributed by atoms with van der Waals surface area (Å²) in [5, 5.41) is 11.8. The van der Waals surface area contributed by atoms with E-state index in [1.54, 1.807) is 31.2 Å². The van der Waals surface area contributed by atoms with E-state index >= 15 is 0 Å². The van der Waals surface area contributed by atoms with Crippen molar-refractivity contribution in [2.45, 2.75) is 19.0 Å². The Bertz CT molecular complexity index is 1430. The number of β-lactam (4-membered cyclic amide) rings is 1. The Balaban J connectivity index is 1.65. The molecule has 0 radical (unpaired) electrons. The third-order valence-electron chi connectivity index (χ3n) is 6.19. The number of benzene rings is 3. The lowest BCUT2D eigenvalue weighted by Gasteiger charge is -2.50. The Labute approximate surface area is 197 Å². The second-order valence-electron chi connectivity index (χ2n) is 7.94. The SMILES string of the molecule is Cc1c(Cl)cccc1N1C(=O)[C@H](N2C(=O)c3cccc([N+](=O)[O-])c3C2=O)[C@@H]1c1ccccc1F. The number of carbonyl (C=O) groups excluding carboxylic acids is 3. The largest absolute Gasteiger partial charge is 0.300 e. The van der Waals surface area contributed by atoms with Gasteiger partial charge in [0, 0.05) is 22.3 Å². The Morgan fingerprint density at radius 2 is 1.62 bits per heavy atom. The number of fused-ring (bicyclic) bond motifs is 1. The predicted molar refractivity (Wildman–Crippen MR) is 120 cm³/mol. The zero-order chi connectivity index (χ0) is 24.3. The molecule has 2 aliphatic heterocycles. The average Bonchev–Trinajstić information content (AvgIpc) is 3.06. The molecule has 3 aromatic carbocycles. The summed E-state index contributed by atoms with van der Waals surface area (Å²) in [6.07, 6.45) is 0. The van der Waals surface area contributed by atoms with Crippen molar-refractivity contribution in [3.63, 3.8) is 0 Å². The van der Waals surface area contributed by atoms with E-state index in [4.69, 9.17) is 11.6 Å². The molecule has 0 N–H and O–H groups in total. The molecule has 0 spiro atoms. The molecule has 3 amide bonds. The van der Waals surface area contributed by atoms with Gasteiger partial charge in [-0.2, -0.15) is 0 Å². The first-order valence-corrected chi connectivity index (χ1v) is 10.6. The van der Waals surface area contributed by atoms with Crippen molar-refractivity contribution in [2.75, 3.05) is 4.90 Å². The molecule has 0 saturated carbocycles. The van der Waals surface area contributed by atoms with Gasteiger partial charge in [0.1, 0.15) is 17.4 Å². The van der Waals surface area contributed by atoms with Crippen LogP contribution in [0.2, 0.25) is 5.02 Å². The molecular weight excluding hydrogens is 465 g/mol. The maximum Gasteiger partial charge on any atom is 0.282 e. The van der Waals surface area contributed by atoms with Crippen molar-refractivity contribution < 1.29 is 23.7 Å². The molecule has 2 atom stereocenters. The first kappa shape index (κ1) is 21.7. The van der Waals surface area contributed by atoms with Gasteiger partial charge in [0.2, 0.25) is 0 Å². The van der Waals surface area contributed by atoms with E-state index in [-0.39, 0.29) is 16.7 Å². The van der Waals surface area contributed by atoms with E-state index in [1.807, 2.05) is 0 Å². The van der Waals surface area contributed by atoms with E-state index < -0.39 is 46.2 Å². The Kier molecular flexibility index (Phi) is 4.94. The van der Waals surface area contributed by atoms with Crippen LogP contribution in [-0.4, -0.2) is 33.6 Å². The third kappa shape index (κ3) is 2.94. The molecule has 34 heavy (non-hydrogen) atoms. The van der Waals surface area contributed by atoms with E-state index in [2.05, 4.69) is 0 Å². The highest BCUT2D eigenvalue weighted by Crippen LogP contribution is 2.47. The molecule has 0 aliphatic carbocycles. The van der Waals surface area contributed by atoms with Gasteiger partial charge in [0.05, 0.1) is 16.5 Å². The van der Waals surface area contributed by atoms with Gasteiger partial charge in [-0.05, 0) is 36.8 Å². The standard InChI is InChI=1S/C24H15ClFN3O5/c1-12-15(25)8-5-10-17(12)27-20(13-6-2-3-9-16(13)26)21(24(27)32)28-22(30)14-7-4-11-18(29(33)34)19(14)23(28)31/h2-11,20-21H,1H3/t20-,21+/m0/s1. The van der Waals surface area contributed by atoms with Crippen LogP contribution in [0.5, 0.6) is 0 Å². The molecule has 5 rings (SSSR count). The summed E-state index contributed by atoms with van der Waals surface area (Å²) in [5.74, 6) is -3.06. The minimum atomic E-state index is -1.39. The number of imide groups is 1. The third-order valence-corrected chi connectivity index (χ3v) is 6.60. The van der Waals surface area contributed by atoms with E-state index in [0.29, 0.717) is 21.2 Å². The van der Waals surface area contributed by atoms with Crippen LogP contribution in [0.25, 0.3) is 0 Å². The molecule has 3 aromatic rings. The molecule has 2 aliphatic rings. The number of nitrogens with zero attached hydrogens (tertiary/aromatic N) is 3. The lowest BCUT2D eigenvalue weighted by Crippen LogP contribution is -2.67. The first-order valence-electron chi connectivity index (χ1n) is 10.2. The van der Waals surface area contributed by atoms with Crippen LogP contribution < -0.4 is 4.90 Å². The maximum atomic E-state index is 14.9. The van der Waals surface area contributed by atoms with Crippen LogP contribution >= 0.6 is 11.6 Å². The zero-order valence-electron chi connectivity index (χ0n) is 17.6. The Hall–Kier alpha value is -4.11. The van der Waals surface area contributed by atoms with Crippen LogP contribution in [0.1, 0.15) is 37.9 Å². The summed E-state index contributed by atoms with van der Waals surface area (Å²) in [5.41, 5.74) is -0.0147. The molecule has 1 fully saturated rings. The number of rotatable bonds is 4. The summed E-state index contributed by atoms with van der Waals surface area (Å²) >= 11 is 6.23. The van der Waals surface area contributed by atoms with Gasteiger partial charge in [-0.15, -0.1) is 0 Å². The highest BCUT2D eigenvalue weighted by molar-refractivity contribution is 6.32. The number of carbonyl (C=O) groups is 3. The average molecular weight is 480 g/mol. The van der Waals surface area contributed by atoms with Crippen molar-refractivity contribution in [2.24, 2.45) is 0 Å². The van der Waals surface area contributed by atoms with Gasteiger partial charge in [-0.3, -0.25) is 34.3 Å². The van der Waals surface area contributed by atoms with Crippen LogP contribution in [0.4, 0.5) is 15.8 Å². The summed E-state index contributed by atoms with van der Waals surface area (Å²) in [4.78, 5) is 52.6. The van der Waals surface area contributed by atoms with Crippen molar-refractivity contribution in [3.8, 4) is 0 Å². The molecule has 1 saturated heterocycles. The van der Waals surface area contributed by atoms with Crippen LogP contribution in [0.3, 0.4) is 0 Å². The summed E-state index contributed by atoms with van der Waals surface area (Å²) < 4.78 is 14.9. The van der Waals surface area contributed by atoms with Crippen molar-refractivity contribution in [1.82, 2.24) is 4.90 Å². The molecule has 170 valence electrons. The van der Waals surface area contributed by atoms with Gasteiger partial charge in [0.15, 0.2) is 0 Å². The summed E-state index contributed by atoms with van der Waals surface area (Å²) in [6, 6.07) is 11.9. The summed E-state index contributed by atoms with van der Waals surface area (Å²) in [7, 11) is 0. The van der Waals surface area contributed by atoms with Crippen LogP contribution in [0.15, 0.2) is 60.7 Å². The lowest BCUT2D eigenvalue weighted by molar-refractivity contribution is -0.385. The molecule has 0 aromatic heterocycles. The maximum absolute atomic E-state index is 14.9. The van der Waals surface area contributed by atoms with E-state index in [1.165, 1.54) is 35.2 Å². The second-order valence-corrected chi connectivity index (χ2v) is 8.35. The molecule has 0 unspecified atom stereocenters. The highest BCUT2D eigenvalue weighted by atomic mass is 35.5. The molecule has 10 heteroatoms. The Morgan fingerprint density at radius 1 is 0.912 bits per heavy atom. The topological polar surface area (TPSA) is 101 Å². The predicted octanol–water partition coefficient (Wildman–Crippen LogP) is 4.45. The number of hydrogen-bond donors (Lipinski definition) is 0. The fourth-order valence-electron chi connectivity index (χ4n) is 4.57. The van der Waals surface area contributed by atoms with E-state index in [9.17, 15) is 28.9 Å². The van der Waals surface area contributed by atoms with Gasteiger partial charge in [-0.25, -0.2) is 4.39 Å². The minimum absolute atomic E-state index is 0.0949. The van der Waals surface area contributed by atoms with Crippen molar-refractivity contribution in [1.29, 1.82) is 0 Å². The minimum Gasteiger partial charge on any atom is -0.300 e. The van der Waals surface area contributed by atoms with Crippen molar-refractivity contribution >= 4 is 40.7 Å². The number of halogens is 2. The monoisotopic (exact) mass is 479 g/mol. The van der Waals surface area contributed by atoms with Crippen LogP contribution in [0, 0.1) is 22.9 Å². The fourth-order valence-corrected chi connectivity index (χ4v) is 4.74. The number of amides is 3. The summed E-state index contributed by atoms with van der Waals surface area (Å²) in [6.45, 7) is 1.70. The van der Waals surface area contributed by atoms with Crippen LogP contribution in [-0.2, 0) is 4.79 Å². The number of nitro groups is 1. The van der Waals surface area contributed by atoms with E-state index in [0.717, 1.165) is 6.07 Å². The van der Waals surface area contributed by atoms with Gasteiger partial charge < -0.3 is 0 Å². The molecule has 8 nitrogen and oxygen atoms in total. The lowest BCUT2D eigenvalue weighted by atomic mass is 9.85. The molecular formula is C24H15ClFN3O5. The highest BCUT2D eigenvalue weighted by Gasteiger charge is 2.59. The molecule has 0 bridgehead atoms. The Morgan fingerprint density at radius 3 is 2.32 bits per heavy atom. The quantitative estimate of drug-likeness (QED) is 0.238. The normalized spacial score (nSPS) is 19.3. The number of hydrogen-bond acceptors (Lipinski definition) is 5. The first-order chi connectivity index (χ1) is 16.2. The zero-order valence-corrected chi connectivity index (χ0v) is 18.3. The molecule has 2 heterocycles. The van der Waals surface area contributed by atoms with Crippen molar-refractivity contribution in [3.05, 3.63) is 104 Å². The van der Waals surface area contributed by atoms with Gasteiger partial charge >= 0.3 is 0 Å². The smallest absolute Gasteiger partial charge is 0.282 e. The van der Waals surface area contributed by atoms with Gasteiger partial charge in [0.25, 0.3) is 23.4 Å². The number of nitro benzene ring substituents is 1. The second kappa shape index (κ2) is 7.74. The number of anilines is 1.